The third-order valence-electron chi connectivity index (χ3n) is 5.08. The van der Waals surface area contributed by atoms with E-state index in [0.29, 0.717) is 31.7 Å². The van der Waals surface area contributed by atoms with Crippen molar-refractivity contribution in [2.24, 2.45) is 0 Å². The highest BCUT2D eigenvalue weighted by molar-refractivity contribution is 5.92. The number of nitrogens with one attached hydrogen (secondary N) is 1. The first-order valence-corrected chi connectivity index (χ1v) is 10.1. The molecule has 1 heterocycles. The van der Waals surface area contributed by atoms with Crippen molar-refractivity contribution in [3.05, 3.63) is 84.7 Å². The van der Waals surface area contributed by atoms with Crippen molar-refractivity contribution in [2.75, 3.05) is 13.2 Å². The summed E-state index contributed by atoms with van der Waals surface area (Å²) in [5, 5.41) is 5.15. The summed E-state index contributed by atoms with van der Waals surface area (Å²) in [6, 6.07) is 22.4. The van der Waals surface area contributed by atoms with Crippen LogP contribution in [0.3, 0.4) is 0 Å². The lowest BCUT2D eigenvalue weighted by Gasteiger charge is -2.13. The maximum absolute atomic E-state index is 11.8. The van der Waals surface area contributed by atoms with E-state index >= 15 is 0 Å². The summed E-state index contributed by atoms with van der Waals surface area (Å²) in [5.74, 6) is 1.68. The van der Waals surface area contributed by atoms with Gasteiger partial charge in [-0.05, 0) is 30.5 Å². The van der Waals surface area contributed by atoms with E-state index in [2.05, 4.69) is 40.7 Å². The lowest BCUT2D eigenvalue weighted by molar-refractivity contribution is -0.117. The Morgan fingerprint density at radius 2 is 1.83 bits per heavy atom. The van der Waals surface area contributed by atoms with E-state index in [4.69, 9.17) is 9.72 Å². The Bertz CT molecular complexity index is 1200. The molecule has 0 spiro atoms. The summed E-state index contributed by atoms with van der Waals surface area (Å²) >= 11 is 0. The molecule has 0 fully saturated rings. The van der Waals surface area contributed by atoms with Crippen LogP contribution in [0.15, 0.2) is 78.9 Å². The van der Waals surface area contributed by atoms with E-state index in [1.165, 1.54) is 0 Å². The monoisotopic (exact) mass is 399 g/mol. The van der Waals surface area contributed by atoms with Crippen molar-refractivity contribution in [3.8, 4) is 5.75 Å². The van der Waals surface area contributed by atoms with Crippen molar-refractivity contribution in [2.45, 2.75) is 19.9 Å². The summed E-state index contributed by atoms with van der Waals surface area (Å²) in [5.41, 5.74) is 2.52. The number of para-hydroxylation sites is 2. The molecule has 152 valence electrons. The topological polar surface area (TPSA) is 56.2 Å². The van der Waals surface area contributed by atoms with Gasteiger partial charge in [0.2, 0.25) is 5.91 Å². The number of hydrogen-bond acceptors (Lipinski definition) is 3. The first-order chi connectivity index (χ1) is 14.6. The van der Waals surface area contributed by atoms with Crippen LogP contribution in [0.5, 0.6) is 5.75 Å². The SMILES string of the molecule is C=C(C)C(=O)NCCc1nc2ccccc2n1CCOc1cccc2ccccc12. The zero-order chi connectivity index (χ0) is 20.9. The molecule has 5 nitrogen and oxygen atoms in total. The molecule has 0 radical (unpaired) electrons. The Hall–Kier alpha value is -3.60. The molecule has 1 aromatic heterocycles. The minimum Gasteiger partial charge on any atom is -0.491 e. The largest absolute Gasteiger partial charge is 0.491 e. The van der Waals surface area contributed by atoms with Gasteiger partial charge in [-0.25, -0.2) is 4.98 Å². The van der Waals surface area contributed by atoms with E-state index in [1.54, 1.807) is 6.92 Å². The van der Waals surface area contributed by atoms with Crippen molar-refractivity contribution in [1.82, 2.24) is 14.9 Å². The third kappa shape index (κ3) is 4.20. The number of carbonyl (C=O) groups excluding carboxylic acids is 1. The third-order valence-corrected chi connectivity index (χ3v) is 5.08. The van der Waals surface area contributed by atoms with Crippen LogP contribution < -0.4 is 10.1 Å². The molecule has 0 atom stereocenters. The van der Waals surface area contributed by atoms with Gasteiger partial charge >= 0.3 is 0 Å². The summed E-state index contributed by atoms with van der Waals surface area (Å²) in [7, 11) is 0. The van der Waals surface area contributed by atoms with Crippen molar-refractivity contribution in [1.29, 1.82) is 0 Å². The molecule has 0 aliphatic carbocycles. The summed E-state index contributed by atoms with van der Waals surface area (Å²) in [6.07, 6.45) is 0.641. The number of nitrogens with zero attached hydrogens (tertiary/aromatic N) is 2. The van der Waals surface area contributed by atoms with Gasteiger partial charge in [0.05, 0.1) is 17.6 Å². The number of rotatable bonds is 8. The normalized spacial score (nSPS) is 11.0. The Kier molecular flexibility index (Phi) is 5.80. The van der Waals surface area contributed by atoms with Crippen molar-refractivity contribution < 1.29 is 9.53 Å². The Morgan fingerprint density at radius 3 is 2.70 bits per heavy atom. The van der Waals surface area contributed by atoms with E-state index in [9.17, 15) is 4.79 Å². The molecule has 1 N–H and O–H groups in total. The standard InChI is InChI=1S/C25H25N3O2/c1-18(2)25(29)26-15-14-24-27-21-11-5-6-12-22(21)28(24)16-17-30-23-13-7-9-19-8-3-4-10-20(19)23/h3-13H,1,14-17H2,2H3,(H,26,29). The second kappa shape index (κ2) is 8.82. The number of fused-ring (bicyclic) bond motifs is 2. The smallest absolute Gasteiger partial charge is 0.246 e. The van der Waals surface area contributed by atoms with Gasteiger partial charge in [-0.3, -0.25) is 4.79 Å². The predicted molar refractivity (Wildman–Crippen MR) is 121 cm³/mol. The molecule has 0 aliphatic heterocycles. The molecular weight excluding hydrogens is 374 g/mol. The summed E-state index contributed by atoms with van der Waals surface area (Å²) in [4.78, 5) is 16.5. The van der Waals surface area contributed by atoms with Gasteiger partial charge in [0.1, 0.15) is 18.2 Å². The second-order valence-electron chi connectivity index (χ2n) is 7.28. The number of ether oxygens (including phenoxy) is 1. The Labute approximate surface area is 176 Å². The summed E-state index contributed by atoms with van der Waals surface area (Å²) < 4.78 is 8.31. The molecule has 5 heteroatoms. The molecule has 4 rings (SSSR count). The molecule has 0 saturated heterocycles. The quantitative estimate of drug-likeness (QED) is 0.444. The molecule has 1 amide bonds. The van der Waals surface area contributed by atoms with Gasteiger partial charge in [0, 0.05) is 23.9 Å². The first kappa shape index (κ1) is 19.7. The zero-order valence-electron chi connectivity index (χ0n) is 17.1. The fourth-order valence-corrected chi connectivity index (χ4v) is 3.57. The number of amides is 1. The zero-order valence-corrected chi connectivity index (χ0v) is 17.1. The van der Waals surface area contributed by atoms with E-state index in [-0.39, 0.29) is 5.91 Å². The maximum atomic E-state index is 11.8. The summed E-state index contributed by atoms with van der Waals surface area (Å²) in [6.45, 7) is 7.09. The van der Waals surface area contributed by atoms with Crippen LogP contribution in [0, 0.1) is 0 Å². The minimum atomic E-state index is -0.128. The number of benzene rings is 3. The van der Waals surface area contributed by atoms with Crippen LogP contribution in [0.4, 0.5) is 0 Å². The fourth-order valence-electron chi connectivity index (χ4n) is 3.57. The fraction of sp³-hybridized carbons (Fsp3) is 0.200. The van der Waals surface area contributed by atoms with Gasteiger partial charge in [-0.15, -0.1) is 0 Å². The highest BCUT2D eigenvalue weighted by atomic mass is 16.5. The molecule has 0 bridgehead atoms. The van der Waals surface area contributed by atoms with Gasteiger partial charge in [-0.2, -0.15) is 0 Å². The molecule has 0 unspecified atom stereocenters. The van der Waals surface area contributed by atoms with Crippen LogP contribution in [0.1, 0.15) is 12.7 Å². The highest BCUT2D eigenvalue weighted by Crippen LogP contribution is 2.25. The molecule has 4 aromatic rings. The average Bonchev–Trinajstić information content (AvgIpc) is 3.11. The van der Waals surface area contributed by atoms with Gasteiger partial charge in [-0.1, -0.05) is 55.1 Å². The van der Waals surface area contributed by atoms with Gasteiger partial charge in [0.15, 0.2) is 0 Å². The van der Waals surface area contributed by atoms with Crippen LogP contribution in [-0.2, 0) is 17.8 Å². The first-order valence-electron chi connectivity index (χ1n) is 10.1. The number of imidazole rings is 1. The lowest BCUT2D eigenvalue weighted by Crippen LogP contribution is -2.27. The number of carbonyl (C=O) groups is 1. The van der Waals surface area contributed by atoms with E-state index < -0.39 is 0 Å². The average molecular weight is 399 g/mol. The molecule has 3 aromatic carbocycles. The Morgan fingerprint density at radius 1 is 1.07 bits per heavy atom. The van der Waals surface area contributed by atoms with Crippen LogP contribution >= 0.6 is 0 Å². The molecule has 0 saturated carbocycles. The van der Waals surface area contributed by atoms with Gasteiger partial charge in [0.25, 0.3) is 0 Å². The van der Waals surface area contributed by atoms with Crippen LogP contribution in [-0.4, -0.2) is 28.6 Å². The number of aromatic nitrogens is 2. The van der Waals surface area contributed by atoms with Gasteiger partial charge < -0.3 is 14.6 Å². The highest BCUT2D eigenvalue weighted by Gasteiger charge is 2.11. The lowest BCUT2D eigenvalue weighted by atomic mass is 10.1. The van der Waals surface area contributed by atoms with Crippen LogP contribution in [0.25, 0.3) is 21.8 Å². The van der Waals surface area contributed by atoms with E-state index in [1.807, 2.05) is 42.5 Å². The minimum absolute atomic E-state index is 0.128. The van der Waals surface area contributed by atoms with E-state index in [0.717, 1.165) is 33.4 Å². The molecule has 30 heavy (non-hydrogen) atoms. The van der Waals surface area contributed by atoms with Crippen molar-refractivity contribution >= 4 is 27.7 Å². The predicted octanol–water partition coefficient (Wildman–Crippen LogP) is 4.50. The number of hydrogen-bond donors (Lipinski definition) is 1. The molecule has 0 aliphatic rings. The second-order valence-corrected chi connectivity index (χ2v) is 7.28. The van der Waals surface area contributed by atoms with Crippen LogP contribution in [0.2, 0.25) is 0 Å². The van der Waals surface area contributed by atoms with Crippen molar-refractivity contribution in [3.63, 3.8) is 0 Å². The maximum Gasteiger partial charge on any atom is 0.246 e. The Balaban J connectivity index is 1.50. The molecular formula is C25H25N3O2.